The lowest BCUT2D eigenvalue weighted by Gasteiger charge is -2.44. The monoisotopic (exact) mass is 601 g/mol. The largest absolute Gasteiger partial charge is 0.469 e. The van der Waals surface area contributed by atoms with Gasteiger partial charge < -0.3 is 28.4 Å². The van der Waals surface area contributed by atoms with Crippen LogP contribution < -0.4 is 0 Å². The molecule has 0 aliphatic heterocycles. The molecule has 0 bridgehead atoms. The fraction of sp³-hybridized carbons (Fsp3) is 0.704. The Balaban J connectivity index is 3.99. The topological polar surface area (TPSA) is 201 Å². The molecule has 0 heterocycles. The molecule has 0 amide bonds. The van der Waals surface area contributed by atoms with E-state index in [1.807, 2.05) is 0 Å². The van der Waals surface area contributed by atoms with Gasteiger partial charge in [0.05, 0.1) is 19.4 Å². The van der Waals surface area contributed by atoms with Crippen LogP contribution in [0.4, 0.5) is 0 Å². The molecule has 0 saturated carbocycles. The SMILES string of the molecule is COC(=O)CCC1([N+](=O)[O-])CC(C)=C(C)CC1C(OC(C)=O)C(OC(C)=O)C(OC(C)=O)C(COC(C)=O)OC(C)=O. The van der Waals surface area contributed by atoms with Gasteiger partial charge in [-0.25, -0.2) is 0 Å². The van der Waals surface area contributed by atoms with Crippen molar-refractivity contribution in [2.24, 2.45) is 5.92 Å². The maximum atomic E-state index is 12.8. The van der Waals surface area contributed by atoms with Crippen LogP contribution in [-0.4, -0.2) is 84.4 Å². The molecule has 0 N–H and O–H groups in total. The third kappa shape index (κ3) is 10.1. The van der Waals surface area contributed by atoms with Crippen molar-refractivity contribution in [3.63, 3.8) is 0 Å². The summed E-state index contributed by atoms with van der Waals surface area (Å²) >= 11 is 0. The Hall–Kier alpha value is -4.04. The Bertz CT molecular complexity index is 1100. The van der Waals surface area contributed by atoms with Gasteiger partial charge in [-0.3, -0.25) is 38.9 Å². The van der Waals surface area contributed by atoms with E-state index < -0.39 is 83.2 Å². The normalized spacial score (nSPS) is 21.1. The Morgan fingerprint density at radius 1 is 0.833 bits per heavy atom. The molecule has 1 aliphatic carbocycles. The Morgan fingerprint density at radius 3 is 1.81 bits per heavy atom. The van der Waals surface area contributed by atoms with E-state index in [4.69, 9.17) is 28.4 Å². The summed E-state index contributed by atoms with van der Waals surface area (Å²) in [6, 6.07) is 0. The first-order chi connectivity index (χ1) is 19.4. The number of hydrogen-bond donors (Lipinski definition) is 0. The van der Waals surface area contributed by atoms with Crippen LogP contribution >= 0.6 is 0 Å². The van der Waals surface area contributed by atoms with Crippen LogP contribution in [0.2, 0.25) is 0 Å². The van der Waals surface area contributed by atoms with E-state index >= 15 is 0 Å². The average molecular weight is 602 g/mol. The Labute approximate surface area is 243 Å². The van der Waals surface area contributed by atoms with E-state index in [2.05, 4.69) is 0 Å². The summed E-state index contributed by atoms with van der Waals surface area (Å²) < 4.78 is 31.5. The fourth-order valence-electron chi connectivity index (χ4n) is 5.08. The highest BCUT2D eigenvalue weighted by atomic mass is 16.6. The second-order valence-corrected chi connectivity index (χ2v) is 10.2. The van der Waals surface area contributed by atoms with E-state index in [-0.39, 0.29) is 25.7 Å². The number of carbonyl (C=O) groups excluding carboxylic acids is 6. The van der Waals surface area contributed by atoms with Gasteiger partial charge in [0.2, 0.25) is 5.54 Å². The van der Waals surface area contributed by atoms with Gasteiger partial charge >= 0.3 is 35.8 Å². The van der Waals surface area contributed by atoms with Gasteiger partial charge in [0.25, 0.3) is 0 Å². The number of ether oxygens (including phenoxy) is 6. The molecule has 6 unspecified atom stereocenters. The van der Waals surface area contributed by atoms with Gasteiger partial charge in [0.1, 0.15) is 6.61 Å². The zero-order valence-corrected chi connectivity index (χ0v) is 25.1. The van der Waals surface area contributed by atoms with E-state index in [1.54, 1.807) is 13.8 Å². The molecule has 0 fully saturated rings. The molecule has 0 aromatic carbocycles. The van der Waals surface area contributed by atoms with Gasteiger partial charge in [-0.15, -0.1) is 0 Å². The standard InChI is InChI=1S/C27H39NO14/c1-14-11-21(27(28(35)36,12-15(14)2)10-9-23(34)37-8)24(40-18(5)31)26(42-20(7)33)25(41-19(6)32)22(39-17(4)30)13-38-16(3)29/h21-22,24-26H,9-13H2,1-8H3. The minimum Gasteiger partial charge on any atom is -0.469 e. The lowest BCUT2D eigenvalue weighted by Crippen LogP contribution is -2.61. The molecule has 0 aromatic heterocycles. The highest BCUT2D eigenvalue weighted by Gasteiger charge is 2.60. The number of nitro groups is 1. The summed E-state index contributed by atoms with van der Waals surface area (Å²) in [4.78, 5) is 85.1. The van der Waals surface area contributed by atoms with Gasteiger partial charge in [-0.05, 0) is 20.3 Å². The molecule has 15 nitrogen and oxygen atoms in total. The molecular formula is C27H39NO14. The first kappa shape index (κ1) is 36.0. The smallest absolute Gasteiger partial charge is 0.305 e. The Morgan fingerprint density at radius 2 is 1.36 bits per heavy atom. The minimum absolute atomic E-state index is 0.0430. The zero-order valence-electron chi connectivity index (χ0n) is 25.1. The third-order valence-corrected chi connectivity index (χ3v) is 6.95. The molecular weight excluding hydrogens is 562 g/mol. The van der Waals surface area contributed by atoms with Crippen molar-refractivity contribution in [1.82, 2.24) is 0 Å². The molecule has 1 aliphatic rings. The lowest BCUT2D eigenvalue weighted by molar-refractivity contribution is -0.586. The van der Waals surface area contributed by atoms with Crippen molar-refractivity contribution in [3.8, 4) is 0 Å². The quantitative estimate of drug-likeness (QED) is 0.0919. The van der Waals surface area contributed by atoms with Crippen LogP contribution in [0, 0.1) is 16.0 Å². The number of hydrogen-bond acceptors (Lipinski definition) is 14. The number of carbonyl (C=O) groups is 6. The van der Waals surface area contributed by atoms with Gasteiger partial charge in [0, 0.05) is 52.4 Å². The predicted octanol–water partition coefficient (Wildman–Crippen LogP) is 1.99. The van der Waals surface area contributed by atoms with Crippen LogP contribution in [0.1, 0.15) is 74.1 Å². The molecule has 0 radical (unpaired) electrons. The van der Waals surface area contributed by atoms with Crippen LogP contribution in [0.3, 0.4) is 0 Å². The molecule has 6 atom stereocenters. The lowest BCUT2D eigenvalue weighted by atomic mass is 9.65. The minimum atomic E-state index is -1.94. The van der Waals surface area contributed by atoms with Crippen molar-refractivity contribution in [3.05, 3.63) is 21.3 Å². The summed E-state index contributed by atoms with van der Waals surface area (Å²) in [5, 5.41) is 12.8. The van der Waals surface area contributed by atoms with Crippen LogP contribution in [0.25, 0.3) is 0 Å². The molecule has 15 heteroatoms. The molecule has 236 valence electrons. The van der Waals surface area contributed by atoms with Gasteiger partial charge in [-0.2, -0.15) is 0 Å². The van der Waals surface area contributed by atoms with Crippen molar-refractivity contribution < 1.29 is 62.1 Å². The van der Waals surface area contributed by atoms with E-state index in [0.717, 1.165) is 47.3 Å². The van der Waals surface area contributed by atoms with E-state index in [1.165, 1.54) is 0 Å². The molecule has 0 spiro atoms. The van der Waals surface area contributed by atoms with Crippen molar-refractivity contribution in [2.75, 3.05) is 13.7 Å². The summed E-state index contributed by atoms with van der Waals surface area (Å²) in [5.41, 5.74) is -0.554. The summed E-state index contributed by atoms with van der Waals surface area (Å²) in [6.07, 6.45) is -7.69. The van der Waals surface area contributed by atoms with Crippen molar-refractivity contribution in [2.45, 2.75) is 104 Å². The summed E-state index contributed by atoms with van der Waals surface area (Å²) in [5.74, 6) is -6.46. The predicted molar refractivity (Wildman–Crippen MR) is 141 cm³/mol. The number of allylic oxidation sites excluding steroid dienone is 1. The molecule has 1 rings (SSSR count). The number of methoxy groups -OCH3 is 1. The zero-order chi connectivity index (χ0) is 32.4. The van der Waals surface area contributed by atoms with Crippen molar-refractivity contribution >= 4 is 35.8 Å². The number of nitrogens with zero attached hydrogens (tertiary/aromatic N) is 1. The maximum absolute atomic E-state index is 12.8. The van der Waals surface area contributed by atoms with Crippen LogP contribution in [0.15, 0.2) is 11.1 Å². The fourth-order valence-corrected chi connectivity index (χ4v) is 5.08. The van der Waals surface area contributed by atoms with Gasteiger partial charge in [-0.1, -0.05) is 11.1 Å². The first-order valence-electron chi connectivity index (χ1n) is 13.1. The first-order valence-corrected chi connectivity index (χ1v) is 13.1. The maximum Gasteiger partial charge on any atom is 0.305 e. The van der Waals surface area contributed by atoms with Gasteiger partial charge in [0.15, 0.2) is 24.4 Å². The van der Waals surface area contributed by atoms with E-state index in [0.29, 0.717) is 5.57 Å². The number of esters is 6. The highest BCUT2D eigenvalue weighted by Crippen LogP contribution is 2.46. The third-order valence-electron chi connectivity index (χ3n) is 6.95. The van der Waals surface area contributed by atoms with Crippen molar-refractivity contribution in [1.29, 1.82) is 0 Å². The van der Waals surface area contributed by atoms with Crippen LogP contribution in [0.5, 0.6) is 0 Å². The number of rotatable bonds is 14. The second-order valence-electron chi connectivity index (χ2n) is 10.2. The summed E-state index contributed by atoms with van der Waals surface area (Å²) in [7, 11) is 1.13. The molecule has 0 aromatic rings. The highest BCUT2D eigenvalue weighted by molar-refractivity contribution is 5.70. The second kappa shape index (κ2) is 15.8. The molecule has 42 heavy (non-hydrogen) atoms. The average Bonchev–Trinajstić information content (AvgIpc) is 2.86. The Kier molecular flexibility index (Phi) is 13.6. The summed E-state index contributed by atoms with van der Waals surface area (Å²) in [6.45, 7) is 7.90. The van der Waals surface area contributed by atoms with E-state index in [9.17, 15) is 38.9 Å². The van der Waals surface area contributed by atoms with Crippen LogP contribution in [-0.2, 0) is 57.2 Å². The molecule has 0 saturated heterocycles.